The first-order valence-electron chi connectivity index (χ1n) is 5.95. The Morgan fingerprint density at radius 2 is 2.19 bits per heavy atom. The number of aryl methyl sites for hydroxylation is 1. The first kappa shape index (κ1) is 11.9. The summed E-state index contributed by atoms with van der Waals surface area (Å²) in [6, 6.07) is 0.694. The maximum atomic E-state index is 9.20. The summed E-state index contributed by atoms with van der Waals surface area (Å²) >= 11 is 1.64. The van der Waals surface area contributed by atoms with Crippen molar-refractivity contribution in [2.45, 2.75) is 46.3 Å². The summed E-state index contributed by atoms with van der Waals surface area (Å²) in [6.07, 6.45) is 2.58. The minimum atomic E-state index is 0.115. The van der Waals surface area contributed by atoms with E-state index in [0.717, 1.165) is 22.2 Å². The Hall–Kier alpha value is -0.610. The van der Waals surface area contributed by atoms with Crippen LogP contribution in [-0.4, -0.2) is 22.7 Å². The fraction of sp³-hybridized carbons (Fsp3) is 0.750. The highest BCUT2D eigenvalue weighted by molar-refractivity contribution is 7.15. The number of rotatable bonds is 5. The molecule has 3 nitrogen and oxygen atoms in total. The van der Waals surface area contributed by atoms with Gasteiger partial charge in [-0.2, -0.15) is 0 Å². The van der Waals surface area contributed by atoms with Gasteiger partial charge in [-0.15, -0.1) is 0 Å². The van der Waals surface area contributed by atoms with Gasteiger partial charge in [0, 0.05) is 12.6 Å². The van der Waals surface area contributed by atoms with Gasteiger partial charge in [-0.1, -0.05) is 25.2 Å². The SMILES string of the molecule is Cc1nc(N(CC(C)C)C2CC2)sc1CO. The fourth-order valence-corrected chi connectivity index (χ4v) is 2.85. The molecule has 0 unspecified atom stereocenters. The zero-order chi connectivity index (χ0) is 11.7. The number of hydrogen-bond acceptors (Lipinski definition) is 4. The highest BCUT2D eigenvalue weighted by Crippen LogP contribution is 2.35. The Morgan fingerprint density at radius 1 is 1.50 bits per heavy atom. The Labute approximate surface area is 101 Å². The van der Waals surface area contributed by atoms with E-state index in [1.165, 1.54) is 12.8 Å². The van der Waals surface area contributed by atoms with Gasteiger partial charge in [0.2, 0.25) is 0 Å². The van der Waals surface area contributed by atoms with Gasteiger partial charge in [-0.05, 0) is 25.7 Å². The number of hydrogen-bond donors (Lipinski definition) is 1. The molecule has 16 heavy (non-hydrogen) atoms. The number of nitrogens with zero attached hydrogens (tertiary/aromatic N) is 2. The van der Waals surface area contributed by atoms with Crippen LogP contribution in [0.25, 0.3) is 0 Å². The molecule has 1 saturated carbocycles. The standard InChI is InChI=1S/C12H20N2OS/c1-8(2)6-14(10-4-5-10)12-13-9(3)11(7-15)16-12/h8,10,15H,4-7H2,1-3H3. The van der Waals surface area contributed by atoms with Crippen LogP contribution in [0.15, 0.2) is 0 Å². The van der Waals surface area contributed by atoms with Gasteiger partial charge in [-0.25, -0.2) is 4.98 Å². The Kier molecular flexibility index (Phi) is 3.50. The van der Waals surface area contributed by atoms with Crippen molar-refractivity contribution >= 4 is 16.5 Å². The quantitative estimate of drug-likeness (QED) is 0.859. The molecular formula is C12H20N2OS. The average molecular weight is 240 g/mol. The lowest BCUT2D eigenvalue weighted by molar-refractivity contribution is 0.284. The molecule has 1 aliphatic rings. The first-order chi connectivity index (χ1) is 7.61. The smallest absolute Gasteiger partial charge is 0.186 e. The molecule has 1 aromatic rings. The molecule has 1 aliphatic carbocycles. The normalized spacial score (nSPS) is 15.8. The molecule has 0 amide bonds. The Morgan fingerprint density at radius 3 is 2.62 bits per heavy atom. The summed E-state index contributed by atoms with van der Waals surface area (Å²) in [5.74, 6) is 0.655. The molecule has 0 aromatic carbocycles. The largest absolute Gasteiger partial charge is 0.391 e. The molecule has 1 fully saturated rings. The molecule has 0 saturated heterocycles. The third-order valence-corrected chi connectivity index (χ3v) is 4.00. The zero-order valence-corrected chi connectivity index (χ0v) is 11.0. The van der Waals surface area contributed by atoms with Gasteiger partial charge in [0.1, 0.15) is 0 Å². The van der Waals surface area contributed by atoms with E-state index in [2.05, 4.69) is 23.7 Å². The van der Waals surface area contributed by atoms with E-state index in [4.69, 9.17) is 0 Å². The zero-order valence-electron chi connectivity index (χ0n) is 10.2. The minimum absolute atomic E-state index is 0.115. The molecule has 0 atom stereocenters. The lowest BCUT2D eigenvalue weighted by Crippen LogP contribution is -2.29. The van der Waals surface area contributed by atoms with Gasteiger partial charge in [0.25, 0.3) is 0 Å². The van der Waals surface area contributed by atoms with Crippen molar-refractivity contribution in [1.82, 2.24) is 4.98 Å². The van der Waals surface area contributed by atoms with E-state index in [9.17, 15) is 5.11 Å². The van der Waals surface area contributed by atoms with Gasteiger partial charge in [0.05, 0.1) is 17.2 Å². The van der Waals surface area contributed by atoms with Crippen LogP contribution in [0.3, 0.4) is 0 Å². The van der Waals surface area contributed by atoms with Crippen molar-refractivity contribution < 1.29 is 5.11 Å². The van der Waals surface area contributed by atoms with E-state index >= 15 is 0 Å². The van der Waals surface area contributed by atoms with E-state index in [1.54, 1.807) is 11.3 Å². The van der Waals surface area contributed by atoms with Crippen molar-refractivity contribution in [1.29, 1.82) is 0 Å². The average Bonchev–Trinajstić information content (AvgIpc) is 2.98. The first-order valence-corrected chi connectivity index (χ1v) is 6.77. The molecule has 90 valence electrons. The Bertz CT molecular complexity index is 358. The van der Waals surface area contributed by atoms with Crippen LogP contribution in [0.1, 0.15) is 37.3 Å². The summed E-state index contributed by atoms with van der Waals surface area (Å²) in [5.41, 5.74) is 0.983. The van der Waals surface area contributed by atoms with E-state index in [1.807, 2.05) is 6.92 Å². The van der Waals surface area contributed by atoms with E-state index in [-0.39, 0.29) is 6.61 Å². The van der Waals surface area contributed by atoms with Crippen LogP contribution in [0.5, 0.6) is 0 Å². The fourth-order valence-electron chi connectivity index (χ4n) is 1.85. The van der Waals surface area contributed by atoms with E-state index < -0.39 is 0 Å². The molecule has 1 heterocycles. The monoisotopic (exact) mass is 240 g/mol. The number of aliphatic hydroxyl groups is 1. The summed E-state index contributed by atoms with van der Waals surface area (Å²) < 4.78 is 0. The third kappa shape index (κ3) is 2.55. The molecule has 2 rings (SSSR count). The minimum Gasteiger partial charge on any atom is -0.391 e. The number of aromatic nitrogens is 1. The van der Waals surface area contributed by atoms with Crippen LogP contribution in [0.2, 0.25) is 0 Å². The number of anilines is 1. The van der Waals surface area contributed by atoms with Crippen LogP contribution in [-0.2, 0) is 6.61 Å². The van der Waals surface area contributed by atoms with Crippen molar-refractivity contribution in [3.8, 4) is 0 Å². The third-order valence-electron chi connectivity index (χ3n) is 2.82. The predicted molar refractivity (Wildman–Crippen MR) is 68.0 cm³/mol. The van der Waals surface area contributed by atoms with Crippen molar-refractivity contribution in [3.63, 3.8) is 0 Å². The van der Waals surface area contributed by atoms with Gasteiger partial charge in [-0.3, -0.25) is 0 Å². The summed E-state index contributed by atoms with van der Waals surface area (Å²) in [7, 11) is 0. The summed E-state index contributed by atoms with van der Waals surface area (Å²) in [6.45, 7) is 7.64. The van der Waals surface area contributed by atoms with Gasteiger partial charge >= 0.3 is 0 Å². The topological polar surface area (TPSA) is 36.4 Å². The Balaban J connectivity index is 2.17. The van der Waals surface area contributed by atoms with Crippen LogP contribution >= 0.6 is 11.3 Å². The summed E-state index contributed by atoms with van der Waals surface area (Å²) in [4.78, 5) is 8.00. The molecule has 0 radical (unpaired) electrons. The molecule has 4 heteroatoms. The highest BCUT2D eigenvalue weighted by Gasteiger charge is 2.31. The lowest BCUT2D eigenvalue weighted by atomic mass is 10.2. The second kappa shape index (κ2) is 4.72. The predicted octanol–water partition coefficient (Wildman–Crippen LogP) is 2.57. The highest BCUT2D eigenvalue weighted by atomic mass is 32.1. The van der Waals surface area contributed by atoms with E-state index in [0.29, 0.717) is 12.0 Å². The second-order valence-electron chi connectivity index (χ2n) is 4.94. The van der Waals surface area contributed by atoms with Crippen LogP contribution in [0, 0.1) is 12.8 Å². The molecular weight excluding hydrogens is 220 g/mol. The van der Waals surface area contributed by atoms with Crippen LogP contribution < -0.4 is 4.90 Å². The van der Waals surface area contributed by atoms with Crippen molar-refractivity contribution in [3.05, 3.63) is 10.6 Å². The number of aliphatic hydroxyl groups excluding tert-OH is 1. The second-order valence-corrected chi connectivity index (χ2v) is 6.00. The summed E-state index contributed by atoms with van der Waals surface area (Å²) in [5, 5.41) is 10.3. The van der Waals surface area contributed by atoms with Crippen LogP contribution in [0.4, 0.5) is 5.13 Å². The maximum Gasteiger partial charge on any atom is 0.186 e. The van der Waals surface area contributed by atoms with Gasteiger partial charge in [0.15, 0.2) is 5.13 Å². The molecule has 1 aromatic heterocycles. The molecule has 0 bridgehead atoms. The van der Waals surface area contributed by atoms with Crippen molar-refractivity contribution in [2.75, 3.05) is 11.4 Å². The van der Waals surface area contributed by atoms with Crippen molar-refractivity contribution in [2.24, 2.45) is 5.92 Å². The van der Waals surface area contributed by atoms with Gasteiger partial charge < -0.3 is 10.0 Å². The molecule has 0 aliphatic heterocycles. The maximum absolute atomic E-state index is 9.20. The lowest BCUT2D eigenvalue weighted by Gasteiger charge is -2.23. The molecule has 0 spiro atoms. The number of thiazole rings is 1. The molecule has 1 N–H and O–H groups in total.